The van der Waals surface area contributed by atoms with Crippen molar-refractivity contribution in [1.29, 1.82) is 0 Å². The number of benzene rings is 1. The smallest absolute Gasteiger partial charge is 0.200 e. The van der Waals surface area contributed by atoms with E-state index in [1.165, 1.54) is 43.7 Å². The van der Waals surface area contributed by atoms with Crippen LogP contribution in [-0.4, -0.2) is 22.0 Å². The molecule has 0 spiro atoms. The van der Waals surface area contributed by atoms with Gasteiger partial charge in [-0.1, -0.05) is 64.9 Å². The number of carbonyl (C=O) groups excluding carboxylic acids is 1. The number of hydrogen-bond donors (Lipinski definition) is 1. The number of aryl methyl sites for hydroxylation is 1. The molecule has 1 N–H and O–H groups in total. The van der Waals surface area contributed by atoms with Crippen LogP contribution in [0.25, 0.3) is 11.3 Å². The number of Topliss-reactive ketones (excluding diaryl/α,β-unsaturated/α-hetero) is 1. The van der Waals surface area contributed by atoms with Crippen molar-refractivity contribution in [2.24, 2.45) is 0 Å². The van der Waals surface area contributed by atoms with Crippen molar-refractivity contribution in [2.75, 3.05) is 0 Å². The fourth-order valence-corrected chi connectivity index (χ4v) is 3.43. The zero-order valence-corrected chi connectivity index (χ0v) is 17.8. The first-order valence-corrected chi connectivity index (χ1v) is 11.0. The van der Waals surface area contributed by atoms with Gasteiger partial charge >= 0.3 is 0 Å². The number of halogens is 1. The minimum Gasteiger partial charge on any atom is -0.507 e. The third kappa shape index (κ3) is 7.26. The molecule has 1 heterocycles. The second-order valence-corrected chi connectivity index (χ2v) is 7.78. The van der Waals surface area contributed by atoms with Crippen molar-refractivity contribution < 1.29 is 14.3 Å². The maximum absolute atomic E-state index is 14.2. The number of rotatable bonds is 13. The molecule has 29 heavy (non-hydrogen) atoms. The second kappa shape index (κ2) is 12.4. The number of alkyl halides is 1. The summed E-state index contributed by atoms with van der Waals surface area (Å²) in [5.41, 5.74) is 2.65. The SMILES string of the molecule is CCCCCCCCc1ccc(-c2ccc(O)c(C(=O)[C@@H](F)CCCC)c2)nc1. The molecule has 0 aliphatic carbocycles. The lowest BCUT2D eigenvalue weighted by Crippen LogP contribution is -2.16. The number of nitrogens with zero attached hydrogens (tertiary/aromatic N) is 1. The molecular weight excluding hydrogens is 365 g/mol. The molecule has 0 fully saturated rings. The summed E-state index contributed by atoms with van der Waals surface area (Å²) in [6.45, 7) is 4.18. The minimum absolute atomic E-state index is 0.0315. The molecule has 0 aliphatic heterocycles. The van der Waals surface area contributed by atoms with Gasteiger partial charge in [0.2, 0.25) is 5.78 Å². The van der Waals surface area contributed by atoms with Crippen LogP contribution in [-0.2, 0) is 6.42 Å². The molecule has 2 aromatic rings. The van der Waals surface area contributed by atoms with Gasteiger partial charge in [0, 0.05) is 11.8 Å². The van der Waals surface area contributed by atoms with Gasteiger partial charge < -0.3 is 5.11 Å². The highest BCUT2D eigenvalue weighted by atomic mass is 19.1. The van der Waals surface area contributed by atoms with E-state index in [9.17, 15) is 14.3 Å². The zero-order chi connectivity index (χ0) is 21.1. The average molecular weight is 400 g/mol. The number of phenolic OH excluding ortho intramolecular Hbond substituents is 1. The summed E-state index contributed by atoms with van der Waals surface area (Å²) >= 11 is 0. The highest BCUT2D eigenvalue weighted by Crippen LogP contribution is 2.27. The van der Waals surface area contributed by atoms with Gasteiger partial charge in [-0.05, 0) is 49.1 Å². The normalized spacial score (nSPS) is 12.1. The van der Waals surface area contributed by atoms with Crippen LogP contribution in [0.15, 0.2) is 36.5 Å². The van der Waals surface area contributed by atoms with Crippen LogP contribution in [0.3, 0.4) is 0 Å². The Labute approximate surface area is 174 Å². The summed E-state index contributed by atoms with van der Waals surface area (Å²) in [7, 11) is 0. The highest BCUT2D eigenvalue weighted by Gasteiger charge is 2.22. The van der Waals surface area contributed by atoms with Gasteiger partial charge in [0.1, 0.15) is 5.75 Å². The largest absolute Gasteiger partial charge is 0.507 e. The molecule has 1 atom stereocenters. The van der Waals surface area contributed by atoms with Crippen molar-refractivity contribution in [1.82, 2.24) is 4.98 Å². The average Bonchev–Trinajstić information content (AvgIpc) is 2.75. The molecule has 158 valence electrons. The van der Waals surface area contributed by atoms with E-state index in [1.807, 2.05) is 19.2 Å². The summed E-state index contributed by atoms with van der Waals surface area (Å²) in [4.78, 5) is 16.9. The van der Waals surface area contributed by atoms with Crippen molar-refractivity contribution in [2.45, 2.75) is 84.2 Å². The van der Waals surface area contributed by atoms with E-state index in [4.69, 9.17) is 0 Å². The Hall–Kier alpha value is -2.23. The van der Waals surface area contributed by atoms with E-state index in [2.05, 4.69) is 18.0 Å². The van der Waals surface area contributed by atoms with Crippen LogP contribution in [0.2, 0.25) is 0 Å². The molecule has 0 saturated carbocycles. The number of pyridine rings is 1. The van der Waals surface area contributed by atoms with Crippen molar-refractivity contribution in [3.8, 4) is 17.0 Å². The third-order valence-corrected chi connectivity index (χ3v) is 5.30. The van der Waals surface area contributed by atoms with Crippen LogP contribution < -0.4 is 0 Å². The maximum Gasteiger partial charge on any atom is 0.200 e. The Morgan fingerprint density at radius 3 is 2.41 bits per heavy atom. The summed E-state index contributed by atoms with van der Waals surface area (Å²) in [6.07, 6.45) is 10.6. The molecule has 1 aromatic carbocycles. The molecule has 1 aromatic heterocycles. The quantitative estimate of drug-likeness (QED) is 0.289. The predicted octanol–water partition coefficient (Wildman–Crippen LogP) is 7.07. The second-order valence-electron chi connectivity index (χ2n) is 7.78. The zero-order valence-electron chi connectivity index (χ0n) is 17.8. The Bertz CT molecular complexity index is 758. The fraction of sp³-hybridized carbons (Fsp3) is 0.520. The summed E-state index contributed by atoms with van der Waals surface area (Å²) in [6, 6.07) is 8.69. The third-order valence-electron chi connectivity index (χ3n) is 5.30. The Morgan fingerprint density at radius 1 is 1.00 bits per heavy atom. The van der Waals surface area contributed by atoms with Crippen LogP contribution in [0, 0.1) is 0 Å². The van der Waals surface area contributed by atoms with Crippen LogP contribution in [0.5, 0.6) is 5.75 Å². The molecule has 0 amide bonds. The lowest BCUT2D eigenvalue weighted by molar-refractivity contribution is 0.0864. The highest BCUT2D eigenvalue weighted by molar-refractivity contribution is 6.02. The van der Waals surface area contributed by atoms with Gasteiger partial charge in [0.25, 0.3) is 0 Å². The number of phenols is 1. The Morgan fingerprint density at radius 2 is 1.72 bits per heavy atom. The number of carbonyl (C=O) groups is 1. The molecule has 0 bridgehead atoms. The first-order chi connectivity index (χ1) is 14.1. The Balaban J connectivity index is 2.00. The van der Waals surface area contributed by atoms with E-state index >= 15 is 0 Å². The first kappa shape index (κ1) is 23.1. The fourth-order valence-electron chi connectivity index (χ4n) is 3.43. The van der Waals surface area contributed by atoms with Gasteiger partial charge in [-0.25, -0.2) is 4.39 Å². The molecule has 0 radical (unpaired) electrons. The van der Waals surface area contributed by atoms with E-state index in [-0.39, 0.29) is 17.7 Å². The van der Waals surface area contributed by atoms with Gasteiger partial charge in [-0.3, -0.25) is 9.78 Å². The van der Waals surface area contributed by atoms with Crippen LogP contribution >= 0.6 is 0 Å². The number of ketones is 1. The summed E-state index contributed by atoms with van der Waals surface area (Å²) < 4.78 is 14.2. The lowest BCUT2D eigenvalue weighted by atomic mass is 9.98. The molecule has 2 rings (SSSR count). The molecule has 0 saturated heterocycles. The van der Waals surface area contributed by atoms with E-state index < -0.39 is 12.0 Å². The van der Waals surface area contributed by atoms with Crippen LogP contribution in [0.4, 0.5) is 4.39 Å². The van der Waals surface area contributed by atoms with Gasteiger partial charge in [-0.15, -0.1) is 0 Å². The minimum atomic E-state index is -1.58. The van der Waals surface area contributed by atoms with Gasteiger partial charge in [-0.2, -0.15) is 0 Å². The lowest BCUT2D eigenvalue weighted by Gasteiger charge is -2.10. The van der Waals surface area contributed by atoms with Crippen molar-refractivity contribution in [3.05, 3.63) is 47.7 Å². The van der Waals surface area contributed by atoms with E-state index in [0.717, 1.165) is 25.0 Å². The summed E-state index contributed by atoms with van der Waals surface area (Å²) in [5.74, 6) is -0.838. The standard InChI is InChI=1S/C25H34FNO2/c1-3-5-7-8-9-10-11-19-13-15-23(27-18-19)20-14-16-24(28)21(17-20)25(29)22(26)12-6-4-2/h13-18,22,28H,3-12H2,1-2H3/t22-/m0/s1. The first-order valence-electron chi connectivity index (χ1n) is 11.0. The molecule has 3 nitrogen and oxygen atoms in total. The molecule has 0 aliphatic rings. The van der Waals surface area contributed by atoms with E-state index in [0.29, 0.717) is 12.0 Å². The Kier molecular flexibility index (Phi) is 9.82. The number of unbranched alkanes of at least 4 members (excludes halogenated alkanes) is 6. The monoisotopic (exact) mass is 399 g/mol. The van der Waals surface area contributed by atoms with Crippen molar-refractivity contribution in [3.63, 3.8) is 0 Å². The maximum atomic E-state index is 14.2. The van der Waals surface area contributed by atoms with Crippen molar-refractivity contribution >= 4 is 5.78 Å². The number of hydrogen-bond acceptors (Lipinski definition) is 3. The molecule has 4 heteroatoms. The summed E-state index contributed by atoms with van der Waals surface area (Å²) in [5, 5.41) is 10.0. The van der Waals surface area contributed by atoms with Gasteiger partial charge in [0.15, 0.2) is 6.17 Å². The van der Waals surface area contributed by atoms with Gasteiger partial charge in [0.05, 0.1) is 11.3 Å². The number of aromatic nitrogens is 1. The van der Waals surface area contributed by atoms with E-state index in [1.54, 1.807) is 12.1 Å². The molecule has 0 unspecified atom stereocenters. The topological polar surface area (TPSA) is 50.2 Å². The van der Waals surface area contributed by atoms with Crippen LogP contribution in [0.1, 0.15) is 87.6 Å². The predicted molar refractivity (Wildman–Crippen MR) is 117 cm³/mol. The number of aromatic hydroxyl groups is 1. The molecular formula is C25H34FNO2.